The van der Waals surface area contributed by atoms with Crippen LogP contribution >= 0.6 is 11.3 Å². The van der Waals surface area contributed by atoms with Crippen LogP contribution in [0.4, 0.5) is 10.8 Å². The van der Waals surface area contributed by atoms with E-state index in [-0.39, 0.29) is 6.04 Å². The summed E-state index contributed by atoms with van der Waals surface area (Å²) in [5.74, 6) is -0.724. The second-order valence-corrected chi connectivity index (χ2v) is 6.81. The Hall–Kier alpha value is -1.92. The van der Waals surface area contributed by atoms with E-state index >= 15 is 0 Å². The van der Waals surface area contributed by atoms with Crippen LogP contribution in [-0.4, -0.2) is 33.5 Å². The van der Waals surface area contributed by atoms with Gasteiger partial charge in [-0.2, -0.15) is 0 Å². The number of thiazole rings is 1. The summed E-state index contributed by atoms with van der Waals surface area (Å²) < 4.78 is 0. The van der Waals surface area contributed by atoms with Crippen LogP contribution in [0.5, 0.6) is 0 Å². The molecule has 3 rings (SSSR count). The molecule has 1 aliphatic heterocycles. The van der Waals surface area contributed by atoms with Gasteiger partial charge in [0.15, 0.2) is 5.13 Å². The Morgan fingerprint density at radius 1 is 1.39 bits per heavy atom. The van der Waals surface area contributed by atoms with Crippen LogP contribution in [-0.2, 0) is 11.3 Å². The lowest BCUT2D eigenvalue weighted by molar-refractivity contribution is -0.144. The van der Waals surface area contributed by atoms with Gasteiger partial charge in [-0.25, -0.2) is 4.98 Å². The van der Waals surface area contributed by atoms with Gasteiger partial charge in [0.05, 0.1) is 5.69 Å². The summed E-state index contributed by atoms with van der Waals surface area (Å²) in [4.78, 5) is 18.0. The van der Waals surface area contributed by atoms with Gasteiger partial charge in [-0.3, -0.25) is 9.69 Å². The molecule has 23 heavy (non-hydrogen) atoms. The highest BCUT2D eigenvalue weighted by Crippen LogP contribution is 2.24. The molecule has 0 saturated carbocycles. The summed E-state index contributed by atoms with van der Waals surface area (Å²) in [6.45, 7) is 3.49. The van der Waals surface area contributed by atoms with Crippen molar-refractivity contribution in [1.82, 2.24) is 9.88 Å². The first kappa shape index (κ1) is 16.0. The van der Waals surface area contributed by atoms with Crippen LogP contribution in [0.3, 0.4) is 0 Å². The Kier molecular flexibility index (Phi) is 4.93. The number of aromatic nitrogens is 1. The number of nitrogens with zero attached hydrogens (tertiary/aromatic N) is 2. The Morgan fingerprint density at radius 2 is 2.17 bits per heavy atom. The highest BCUT2D eigenvalue weighted by atomic mass is 32.1. The van der Waals surface area contributed by atoms with E-state index in [1.165, 1.54) is 5.56 Å². The van der Waals surface area contributed by atoms with E-state index in [4.69, 9.17) is 0 Å². The third-order valence-corrected chi connectivity index (χ3v) is 4.92. The summed E-state index contributed by atoms with van der Waals surface area (Å²) in [5.41, 5.74) is 3.16. The number of aryl methyl sites for hydroxylation is 1. The number of carboxylic acids is 1. The van der Waals surface area contributed by atoms with E-state index in [2.05, 4.69) is 29.4 Å². The predicted octanol–water partition coefficient (Wildman–Crippen LogP) is 3.63. The van der Waals surface area contributed by atoms with Gasteiger partial charge in [-0.15, -0.1) is 11.3 Å². The topological polar surface area (TPSA) is 65.5 Å². The molecule has 0 aliphatic carbocycles. The zero-order valence-corrected chi connectivity index (χ0v) is 14.0. The molecule has 1 aromatic heterocycles. The van der Waals surface area contributed by atoms with Crippen molar-refractivity contribution >= 4 is 28.1 Å². The van der Waals surface area contributed by atoms with E-state index in [9.17, 15) is 9.90 Å². The van der Waals surface area contributed by atoms with Crippen LogP contribution in [0.15, 0.2) is 29.6 Å². The summed E-state index contributed by atoms with van der Waals surface area (Å²) in [7, 11) is 0. The van der Waals surface area contributed by atoms with Crippen molar-refractivity contribution in [2.75, 3.05) is 11.9 Å². The molecule has 5 nitrogen and oxygen atoms in total. The lowest BCUT2D eigenvalue weighted by Crippen LogP contribution is -2.44. The Morgan fingerprint density at radius 3 is 2.91 bits per heavy atom. The number of anilines is 2. The van der Waals surface area contributed by atoms with Gasteiger partial charge in [-0.1, -0.05) is 24.1 Å². The van der Waals surface area contributed by atoms with Crippen molar-refractivity contribution in [3.8, 4) is 0 Å². The largest absolute Gasteiger partial charge is 0.480 e. The normalized spacial score (nSPS) is 18.7. The van der Waals surface area contributed by atoms with Gasteiger partial charge in [0, 0.05) is 17.6 Å². The monoisotopic (exact) mass is 331 g/mol. The minimum absolute atomic E-state index is 0.376. The summed E-state index contributed by atoms with van der Waals surface area (Å²) in [5, 5.41) is 15.5. The van der Waals surface area contributed by atoms with E-state index in [0.717, 1.165) is 42.3 Å². The predicted molar refractivity (Wildman–Crippen MR) is 92.3 cm³/mol. The van der Waals surface area contributed by atoms with E-state index in [0.29, 0.717) is 6.54 Å². The molecule has 1 unspecified atom stereocenters. The molecule has 1 fully saturated rings. The number of hydrogen-bond acceptors (Lipinski definition) is 5. The minimum atomic E-state index is -0.724. The number of nitrogens with one attached hydrogen (secondary N) is 1. The van der Waals surface area contributed by atoms with Crippen LogP contribution in [0.1, 0.15) is 30.5 Å². The maximum atomic E-state index is 11.4. The van der Waals surface area contributed by atoms with E-state index < -0.39 is 5.97 Å². The highest BCUT2D eigenvalue weighted by molar-refractivity contribution is 7.13. The Balaban J connectivity index is 1.64. The molecule has 0 radical (unpaired) electrons. The van der Waals surface area contributed by atoms with Crippen molar-refractivity contribution in [2.24, 2.45) is 0 Å². The summed E-state index contributed by atoms with van der Waals surface area (Å²) in [6.07, 6.45) is 2.78. The molecule has 0 spiro atoms. The molecule has 1 aliphatic rings. The van der Waals surface area contributed by atoms with Crippen molar-refractivity contribution < 1.29 is 9.90 Å². The molecule has 1 atom stereocenters. The number of likely N-dealkylation sites (tertiary alicyclic amines) is 1. The zero-order chi connectivity index (χ0) is 16.2. The molecule has 2 heterocycles. The molecule has 122 valence electrons. The SMILES string of the molecule is Cc1ccc(Nc2nc(CN3CCCCC3C(=O)O)cs2)cc1. The average molecular weight is 331 g/mol. The number of piperidine rings is 1. The molecule has 1 aromatic carbocycles. The van der Waals surface area contributed by atoms with Gasteiger partial charge in [-0.05, 0) is 38.4 Å². The molecule has 0 bridgehead atoms. The number of benzene rings is 1. The molecular formula is C17H21N3O2S. The number of carbonyl (C=O) groups is 1. The van der Waals surface area contributed by atoms with Crippen LogP contribution in [0, 0.1) is 6.92 Å². The fourth-order valence-electron chi connectivity index (χ4n) is 2.87. The first-order chi connectivity index (χ1) is 11.1. The van der Waals surface area contributed by atoms with Crippen LogP contribution in [0.25, 0.3) is 0 Å². The molecule has 2 N–H and O–H groups in total. The average Bonchev–Trinajstić information content (AvgIpc) is 2.97. The number of hydrogen-bond donors (Lipinski definition) is 2. The lowest BCUT2D eigenvalue weighted by atomic mass is 10.0. The second kappa shape index (κ2) is 7.10. The number of carboxylic acid groups (broad SMARTS) is 1. The van der Waals surface area contributed by atoms with Crippen LogP contribution in [0.2, 0.25) is 0 Å². The summed E-state index contributed by atoms with van der Waals surface area (Å²) >= 11 is 1.55. The number of rotatable bonds is 5. The smallest absolute Gasteiger partial charge is 0.320 e. The van der Waals surface area contributed by atoms with E-state index in [1.54, 1.807) is 11.3 Å². The molecular weight excluding hydrogens is 310 g/mol. The highest BCUT2D eigenvalue weighted by Gasteiger charge is 2.28. The van der Waals surface area contributed by atoms with Crippen LogP contribution < -0.4 is 5.32 Å². The first-order valence-electron chi connectivity index (χ1n) is 7.87. The van der Waals surface area contributed by atoms with Crippen molar-refractivity contribution in [1.29, 1.82) is 0 Å². The molecule has 0 amide bonds. The molecule has 6 heteroatoms. The second-order valence-electron chi connectivity index (χ2n) is 5.96. The van der Waals surface area contributed by atoms with Crippen molar-refractivity contribution in [3.63, 3.8) is 0 Å². The standard InChI is InChI=1S/C17H21N3O2S/c1-12-5-7-13(8-6-12)18-17-19-14(11-23-17)10-20-9-3-2-4-15(20)16(21)22/h5-8,11,15H,2-4,9-10H2,1H3,(H,18,19)(H,21,22). The fraction of sp³-hybridized carbons (Fsp3) is 0.412. The lowest BCUT2D eigenvalue weighted by Gasteiger charge is -2.32. The summed E-state index contributed by atoms with van der Waals surface area (Å²) in [6, 6.07) is 7.80. The third kappa shape index (κ3) is 4.09. The fourth-order valence-corrected chi connectivity index (χ4v) is 3.59. The minimum Gasteiger partial charge on any atom is -0.480 e. The van der Waals surface area contributed by atoms with Crippen molar-refractivity contribution in [2.45, 2.75) is 38.8 Å². The molecule has 1 saturated heterocycles. The van der Waals surface area contributed by atoms with Gasteiger partial charge in [0.25, 0.3) is 0 Å². The first-order valence-corrected chi connectivity index (χ1v) is 8.75. The quantitative estimate of drug-likeness (QED) is 0.876. The van der Waals surface area contributed by atoms with Gasteiger partial charge in [0.2, 0.25) is 0 Å². The van der Waals surface area contributed by atoms with Gasteiger partial charge >= 0.3 is 5.97 Å². The van der Waals surface area contributed by atoms with Gasteiger partial charge < -0.3 is 10.4 Å². The van der Waals surface area contributed by atoms with Crippen molar-refractivity contribution in [3.05, 3.63) is 40.9 Å². The van der Waals surface area contributed by atoms with E-state index in [1.807, 2.05) is 22.4 Å². The Labute approximate surface area is 140 Å². The third-order valence-electron chi connectivity index (χ3n) is 4.12. The number of aliphatic carboxylic acids is 1. The maximum Gasteiger partial charge on any atom is 0.320 e. The zero-order valence-electron chi connectivity index (χ0n) is 13.2. The van der Waals surface area contributed by atoms with Gasteiger partial charge in [0.1, 0.15) is 6.04 Å². The maximum absolute atomic E-state index is 11.4. The Bertz CT molecular complexity index is 669. The molecule has 2 aromatic rings.